The minimum absolute atomic E-state index is 0.654. The van der Waals surface area contributed by atoms with Gasteiger partial charge in [-0.25, -0.2) is 0 Å². The first-order valence-corrected chi connectivity index (χ1v) is 5.92. The molecule has 0 spiro atoms. The highest BCUT2D eigenvalue weighted by Crippen LogP contribution is 2.13. The zero-order valence-corrected chi connectivity index (χ0v) is 10.3. The van der Waals surface area contributed by atoms with E-state index < -0.39 is 0 Å². The van der Waals surface area contributed by atoms with Crippen LogP contribution in [0.2, 0.25) is 0 Å². The molecule has 16 heavy (non-hydrogen) atoms. The van der Waals surface area contributed by atoms with Crippen molar-refractivity contribution in [3.63, 3.8) is 0 Å². The van der Waals surface area contributed by atoms with Crippen LogP contribution in [0.25, 0.3) is 5.69 Å². The van der Waals surface area contributed by atoms with Crippen LogP contribution < -0.4 is 0 Å². The Morgan fingerprint density at radius 3 is 2.44 bits per heavy atom. The third-order valence-electron chi connectivity index (χ3n) is 2.66. The molecule has 2 aromatic rings. The standard InChI is InChI=1S/C12H15N3S/c1-3-9-5-7-10(8-6-9)15-11(4-2)13-14-12(15)16/h5-8H,3-4H2,1-2H3,(H,14,16). The summed E-state index contributed by atoms with van der Waals surface area (Å²) in [6.07, 6.45) is 1.92. The molecule has 4 heteroatoms. The number of aromatic nitrogens is 3. The predicted octanol–water partition coefficient (Wildman–Crippen LogP) is 3.05. The Hall–Kier alpha value is -1.42. The van der Waals surface area contributed by atoms with Gasteiger partial charge in [0.15, 0.2) is 4.77 Å². The quantitative estimate of drug-likeness (QED) is 0.827. The van der Waals surface area contributed by atoms with E-state index in [0.29, 0.717) is 4.77 Å². The highest BCUT2D eigenvalue weighted by atomic mass is 32.1. The van der Waals surface area contributed by atoms with E-state index in [9.17, 15) is 0 Å². The van der Waals surface area contributed by atoms with E-state index in [1.807, 2.05) is 4.57 Å². The van der Waals surface area contributed by atoms with Crippen LogP contribution in [0.15, 0.2) is 24.3 Å². The molecule has 3 nitrogen and oxygen atoms in total. The van der Waals surface area contributed by atoms with Crippen LogP contribution in [0.5, 0.6) is 0 Å². The second kappa shape index (κ2) is 4.61. The van der Waals surface area contributed by atoms with Gasteiger partial charge in [-0.1, -0.05) is 26.0 Å². The molecule has 1 N–H and O–H groups in total. The molecular formula is C12H15N3S. The van der Waals surface area contributed by atoms with Crippen LogP contribution in [0.1, 0.15) is 25.2 Å². The Bertz CT molecular complexity index is 522. The van der Waals surface area contributed by atoms with Gasteiger partial charge in [0.25, 0.3) is 0 Å². The SMILES string of the molecule is CCc1ccc(-n2c(CC)n[nH]c2=S)cc1. The van der Waals surface area contributed by atoms with Crippen molar-refractivity contribution in [1.29, 1.82) is 0 Å². The number of hydrogen-bond donors (Lipinski definition) is 1. The predicted molar refractivity (Wildman–Crippen MR) is 67.5 cm³/mol. The molecule has 0 aliphatic heterocycles. The summed E-state index contributed by atoms with van der Waals surface area (Å²) in [5, 5.41) is 7.03. The number of nitrogens with zero attached hydrogens (tertiary/aromatic N) is 2. The summed E-state index contributed by atoms with van der Waals surface area (Å²) >= 11 is 5.23. The zero-order valence-electron chi connectivity index (χ0n) is 9.53. The van der Waals surface area contributed by atoms with Gasteiger partial charge in [0.1, 0.15) is 5.82 Å². The number of aryl methyl sites for hydroxylation is 2. The van der Waals surface area contributed by atoms with Crippen LogP contribution in [-0.4, -0.2) is 14.8 Å². The van der Waals surface area contributed by atoms with Gasteiger partial charge < -0.3 is 0 Å². The number of benzene rings is 1. The summed E-state index contributed by atoms with van der Waals surface area (Å²) in [5.41, 5.74) is 2.41. The Balaban J connectivity index is 2.49. The van der Waals surface area contributed by atoms with Gasteiger partial charge in [-0.3, -0.25) is 9.67 Å². The molecular weight excluding hydrogens is 218 g/mol. The zero-order chi connectivity index (χ0) is 11.5. The van der Waals surface area contributed by atoms with Crippen molar-refractivity contribution in [2.45, 2.75) is 26.7 Å². The summed E-state index contributed by atoms with van der Waals surface area (Å²) in [4.78, 5) is 0. The van der Waals surface area contributed by atoms with E-state index in [-0.39, 0.29) is 0 Å². The van der Waals surface area contributed by atoms with Gasteiger partial charge >= 0.3 is 0 Å². The highest BCUT2D eigenvalue weighted by Gasteiger charge is 2.05. The molecule has 1 aromatic carbocycles. The van der Waals surface area contributed by atoms with Crippen molar-refractivity contribution in [3.05, 3.63) is 40.4 Å². The van der Waals surface area contributed by atoms with Gasteiger partial charge in [-0.05, 0) is 36.3 Å². The smallest absolute Gasteiger partial charge is 0.199 e. The molecule has 2 rings (SSSR count). The van der Waals surface area contributed by atoms with Crippen LogP contribution in [0.3, 0.4) is 0 Å². The van der Waals surface area contributed by atoms with E-state index in [4.69, 9.17) is 12.2 Å². The van der Waals surface area contributed by atoms with Crippen LogP contribution in [0, 0.1) is 4.77 Å². The lowest BCUT2D eigenvalue weighted by molar-refractivity contribution is 0.879. The maximum absolute atomic E-state index is 5.23. The molecule has 0 aliphatic carbocycles. The maximum Gasteiger partial charge on any atom is 0.199 e. The number of nitrogens with one attached hydrogen (secondary N) is 1. The van der Waals surface area contributed by atoms with E-state index >= 15 is 0 Å². The first kappa shape index (κ1) is 11.1. The second-order valence-electron chi connectivity index (χ2n) is 3.65. The molecule has 0 amide bonds. The molecule has 0 radical (unpaired) electrons. The Morgan fingerprint density at radius 1 is 1.19 bits per heavy atom. The van der Waals surface area contributed by atoms with Crippen molar-refractivity contribution in [1.82, 2.24) is 14.8 Å². The summed E-state index contributed by atoms with van der Waals surface area (Å²) < 4.78 is 2.63. The van der Waals surface area contributed by atoms with E-state index in [1.165, 1.54) is 5.56 Å². The molecule has 0 saturated carbocycles. The Labute approximate surface area is 100 Å². The normalized spacial score (nSPS) is 10.6. The number of aromatic amines is 1. The molecule has 0 aliphatic rings. The molecule has 84 valence electrons. The van der Waals surface area contributed by atoms with Crippen molar-refractivity contribution < 1.29 is 0 Å². The van der Waals surface area contributed by atoms with Gasteiger partial charge in [-0.15, -0.1) is 0 Å². The van der Waals surface area contributed by atoms with Crippen molar-refractivity contribution in [2.75, 3.05) is 0 Å². The van der Waals surface area contributed by atoms with Crippen LogP contribution >= 0.6 is 12.2 Å². The fraction of sp³-hybridized carbons (Fsp3) is 0.333. The first-order chi connectivity index (χ1) is 7.76. The summed E-state index contributed by atoms with van der Waals surface area (Å²) in [5.74, 6) is 0.967. The number of hydrogen-bond acceptors (Lipinski definition) is 2. The Morgan fingerprint density at radius 2 is 1.88 bits per heavy atom. The monoisotopic (exact) mass is 233 g/mol. The molecule has 0 fully saturated rings. The number of H-pyrrole nitrogens is 1. The highest BCUT2D eigenvalue weighted by molar-refractivity contribution is 7.71. The molecule has 0 bridgehead atoms. The average Bonchev–Trinajstić information content (AvgIpc) is 2.70. The van der Waals surface area contributed by atoms with Crippen molar-refractivity contribution >= 4 is 12.2 Å². The maximum atomic E-state index is 5.23. The minimum Gasteiger partial charge on any atom is -0.272 e. The molecule has 1 aromatic heterocycles. The molecule has 0 atom stereocenters. The lowest BCUT2D eigenvalue weighted by Crippen LogP contribution is -2.00. The third kappa shape index (κ3) is 1.93. The molecule has 1 heterocycles. The van der Waals surface area contributed by atoms with Crippen LogP contribution in [0.4, 0.5) is 0 Å². The lowest BCUT2D eigenvalue weighted by atomic mass is 10.1. The average molecular weight is 233 g/mol. The summed E-state index contributed by atoms with van der Waals surface area (Å²) in [7, 11) is 0. The topological polar surface area (TPSA) is 33.6 Å². The van der Waals surface area contributed by atoms with Crippen molar-refractivity contribution in [2.24, 2.45) is 0 Å². The van der Waals surface area contributed by atoms with Crippen LogP contribution in [-0.2, 0) is 12.8 Å². The van der Waals surface area contributed by atoms with Gasteiger partial charge in [-0.2, -0.15) is 5.10 Å². The number of rotatable bonds is 3. The van der Waals surface area contributed by atoms with Gasteiger partial charge in [0, 0.05) is 12.1 Å². The van der Waals surface area contributed by atoms with E-state index in [0.717, 1.165) is 24.4 Å². The second-order valence-corrected chi connectivity index (χ2v) is 4.04. The van der Waals surface area contributed by atoms with Gasteiger partial charge in [0.2, 0.25) is 0 Å². The van der Waals surface area contributed by atoms with Crippen molar-refractivity contribution in [3.8, 4) is 5.69 Å². The Kier molecular flexibility index (Phi) is 3.19. The van der Waals surface area contributed by atoms with E-state index in [1.54, 1.807) is 0 Å². The minimum atomic E-state index is 0.654. The lowest BCUT2D eigenvalue weighted by Gasteiger charge is -2.06. The summed E-state index contributed by atoms with van der Waals surface area (Å²) in [6.45, 7) is 4.22. The van der Waals surface area contributed by atoms with E-state index in [2.05, 4.69) is 48.3 Å². The largest absolute Gasteiger partial charge is 0.272 e. The summed E-state index contributed by atoms with van der Waals surface area (Å²) in [6, 6.07) is 8.43. The fourth-order valence-corrected chi connectivity index (χ4v) is 1.97. The first-order valence-electron chi connectivity index (χ1n) is 5.51. The molecule has 0 saturated heterocycles. The molecule has 0 unspecified atom stereocenters. The van der Waals surface area contributed by atoms with Gasteiger partial charge in [0.05, 0.1) is 0 Å². The fourth-order valence-electron chi connectivity index (χ4n) is 1.71. The third-order valence-corrected chi connectivity index (χ3v) is 2.93.